The summed E-state index contributed by atoms with van der Waals surface area (Å²) in [4.78, 5) is 4.60. The molecule has 0 unspecified atom stereocenters. The minimum absolute atomic E-state index is 0.476. The van der Waals surface area contributed by atoms with Gasteiger partial charge in [-0.15, -0.1) is 0 Å². The molecule has 0 aliphatic rings. The summed E-state index contributed by atoms with van der Waals surface area (Å²) < 4.78 is 12.0. The van der Waals surface area contributed by atoms with E-state index in [1.807, 2.05) is 78.9 Å². The topological polar surface area (TPSA) is 31.4 Å². The van der Waals surface area contributed by atoms with E-state index in [9.17, 15) is 0 Å². The van der Waals surface area contributed by atoms with E-state index in [1.54, 1.807) is 0 Å². The Morgan fingerprint density at radius 3 is 1.88 bits per heavy atom. The fourth-order valence-corrected chi connectivity index (χ4v) is 2.78. The van der Waals surface area contributed by atoms with E-state index in [-0.39, 0.29) is 0 Å². The van der Waals surface area contributed by atoms with E-state index in [0.717, 1.165) is 27.8 Å². The molecule has 3 heteroatoms. The lowest BCUT2D eigenvalue weighted by atomic mass is 10.2. The van der Waals surface area contributed by atoms with Crippen molar-refractivity contribution in [2.45, 2.75) is 13.2 Å². The molecule has 4 aromatic rings. The van der Waals surface area contributed by atoms with E-state index in [1.165, 1.54) is 0 Å². The van der Waals surface area contributed by atoms with Crippen molar-refractivity contribution in [3.05, 3.63) is 102 Å². The van der Waals surface area contributed by atoms with Crippen molar-refractivity contribution in [1.82, 2.24) is 4.98 Å². The third-order valence-corrected chi connectivity index (χ3v) is 4.12. The van der Waals surface area contributed by atoms with E-state index in [2.05, 4.69) is 17.1 Å². The molecule has 0 bridgehead atoms. The van der Waals surface area contributed by atoms with Gasteiger partial charge < -0.3 is 9.47 Å². The molecule has 0 amide bonds. The van der Waals surface area contributed by atoms with Crippen molar-refractivity contribution in [3.8, 4) is 11.6 Å². The van der Waals surface area contributed by atoms with Gasteiger partial charge >= 0.3 is 0 Å². The summed E-state index contributed by atoms with van der Waals surface area (Å²) in [7, 11) is 0. The molecule has 0 radical (unpaired) electrons. The van der Waals surface area contributed by atoms with Crippen LogP contribution in [0, 0.1) is 0 Å². The molecule has 0 fully saturated rings. The summed E-state index contributed by atoms with van der Waals surface area (Å²) in [5.74, 6) is 1.35. The number of rotatable bonds is 6. The van der Waals surface area contributed by atoms with Crippen LogP contribution >= 0.6 is 0 Å². The molecule has 0 spiro atoms. The first-order valence-electron chi connectivity index (χ1n) is 8.62. The fraction of sp³-hybridized carbons (Fsp3) is 0.0870. The first-order chi connectivity index (χ1) is 12.9. The van der Waals surface area contributed by atoms with Crippen molar-refractivity contribution < 1.29 is 9.47 Å². The maximum absolute atomic E-state index is 6.08. The second-order valence-corrected chi connectivity index (χ2v) is 6.02. The van der Waals surface area contributed by atoms with Gasteiger partial charge in [-0.3, -0.25) is 0 Å². The summed E-state index contributed by atoms with van der Waals surface area (Å²) in [5.41, 5.74) is 3.09. The van der Waals surface area contributed by atoms with E-state index in [4.69, 9.17) is 9.47 Å². The number of ether oxygens (including phenoxy) is 2. The zero-order chi connectivity index (χ0) is 17.6. The van der Waals surface area contributed by atoms with Gasteiger partial charge in [0.2, 0.25) is 5.88 Å². The van der Waals surface area contributed by atoms with Crippen molar-refractivity contribution in [2.24, 2.45) is 0 Å². The molecule has 0 atom stereocenters. The normalized spacial score (nSPS) is 10.6. The van der Waals surface area contributed by atoms with Crippen LogP contribution in [0.3, 0.4) is 0 Å². The van der Waals surface area contributed by atoms with Gasteiger partial charge in [-0.05, 0) is 23.3 Å². The molecule has 0 aliphatic heterocycles. The second kappa shape index (κ2) is 7.70. The van der Waals surface area contributed by atoms with Crippen LogP contribution in [-0.2, 0) is 13.2 Å². The highest BCUT2D eigenvalue weighted by atomic mass is 16.5. The van der Waals surface area contributed by atoms with Crippen LogP contribution in [0.4, 0.5) is 0 Å². The van der Waals surface area contributed by atoms with Crippen LogP contribution in [-0.4, -0.2) is 4.98 Å². The monoisotopic (exact) mass is 341 g/mol. The largest absolute Gasteiger partial charge is 0.488 e. The first-order valence-corrected chi connectivity index (χ1v) is 8.62. The highest BCUT2D eigenvalue weighted by Crippen LogP contribution is 2.29. The molecule has 0 saturated heterocycles. The molecule has 4 rings (SSSR count). The van der Waals surface area contributed by atoms with Gasteiger partial charge in [-0.25, -0.2) is 4.98 Å². The molecule has 128 valence electrons. The molecule has 0 saturated carbocycles. The number of para-hydroxylation sites is 1. The van der Waals surface area contributed by atoms with Crippen LogP contribution in [0.25, 0.3) is 10.9 Å². The van der Waals surface area contributed by atoms with Crippen molar-refractivity contribution in [1.29, 1.82) is 0 Å². The Morgan fingerprint density at radius 2 is 1.19 bits per heavy atom. The highest BCUT2D eigenvalue weighted by molar-refractivity contribution is 5.85. The molecule has 0 aliphatic carbocycles. The maximum Gasteiger partial charge on any atom is 0.217 e. The van der Waals surface area contributed by atoms with Gasteiger partial charge in [-0.2, -0.15) is 0 Å². The summed E-state index contributed by atoms with van der Waals surface area (Å²) in [6, 6.07) is 30.0. The van der Waals surface area contributed by atoms with Gasteiger partial charge in [0.25, 0.3) is 0 Å². The lowest BCUT2D eigenvalue weighted by Gasteiger charge is -2.12. The van der Waals surface area contributed by atoms with Gasteiger partial charge in [0.15, 0.2) is 0 Å². The van der Waals surface area contributed by atoms with E-state index in [0.29, 0.717) is 19.1 Å². The Morgan fingerprint density at radius 1 is 0.615 bits per heavy atom. The lowest BCUT2D eigenvalue weighted by molar-refractivity contribution is 0.284. The smallest absolute Gasteiger partial charge is 0.217 e. The van der Waals surface area contributed by atoms with Gasteiger partial charge in [0, 0.05) is 11.5 Å². The minimum atomic E-state index is 0.476. The van der Waals surface area contributed by atoms with Gasteiger partial charge in [0.05, 0.1) is 5.52 Å². The molecule has 26 heavy (non-hydrogen) atoms. The van der Waals surface area contributed by atoms with Crippen molar-refractivity contribution in [2.75, 3.05) is 0 Å². The summed E-state index contributed by atoms with van der Waals surface area (Å²) in [5, 5.41) is 0.982. The number of aromatic nitrogens is 1. The molecule has 1 aromatic heterocycles. The highest BCUT2D eigenvalue weighted by Gasteiger charge is 2.08. The lowest BCUT2D eigenvalue weighted by Crippen LogP contribution is -2.00. The summed E-state index contributed by atoms with van der Waals surface area (Å²) in [6.45, 7) is 0.983. The SMILES string of the molecule is c1ccc(COc2cc(OCc3ccccc3)c3ccccc3n2)cc1. The molecule has 0 N–H and O–H groups in total. The maximum atomic E-state index is 6.08. The standard InChI is InChI=1S/C23H19NO2/c1-3-9-18(10-4-1)16-25-22-15-23(24-21-14-8-7-13-20(21)22)26-17-19-11-5-2-6-12-19/h1-15H,16-17H2. The Bertz CT molecular complexity index is 985. The minimum Gasteiger partial charge on any atom is -0.488 e. The number of pyridine rings is 1. The predicted molar refractivity (Wildman–Crippen MR) is 103 cm³/mol. The average molecular weight is 341 g/mol. The molecule has 1 heterocycles. The molecule has 3 nitrogen and oxygen atoms in total. The Hall–Kier alpha value is -3.33. The quantitative estimate of drug-likeness (QED) is 0.471. The van der Waals surface area contributed by atoms with Crippen LogP contribution in [0.5, 0.6) is 11.6 Å². The van der Waals surface area contributed by atoms with Crippen molar-refractivity contribution >= 4 is 10.9 Å². The number of nitrogens with zero attached hydrogens (tertiary/aromatic N) is 1. The van der Waals surface area contributed by atoms with Crippen molar-refractivity contribution in [3.63, 3.8) is 0 Å². The van der Waals surface area contributed by atoms with E-state index < -0.39 is 0 Å². The summed E-state index contributed by atoms with van der Waals surface area (Å²) in [6.07, 6.45) is 0. The first kappa shape index (κ1) is 16.2. The van der Waals surface area contributed by atoms with Gasteiger partial charge in [0.1, 0.15) is 19.0 Å². The van der Waals surface area contributed by atoms with E-state index >= 15 is 0 Å². The molecular weight excluding hydrogens is 322 g/mol. The zero-order valence-electron chi connectivity index (χ0n) is 14.3. The zero-order valence-corrected chi connectivity index (χ0v) is 14.3. The predicted octanol–water partition coefficient (Wildman–Crippen LogP) is 5.39. The Balaban J connectivity index is 1.58. The number of fused-ring (bicyclic) bond motifs is 1. The van der Waals surface area contributed by atoms with Crippen LogP contribution in [0.15, 0.2) is 91.0 Å². The molecular formula is C23H19NO2. The molecule has 3 aromatic carbocycles. The second-order valence-electron chi connectivity index (χ2n) is 6.02. The summed E-state index contributed by atoms with van der Waals surface area (Å²) >= 11 is 0. The van der Waals surface area contributed by atoms with Crippen LogP contribution in [0.1, 0.15) is 11.1 Å². The van der Waals surface area contributed by atoms with Crippen LogP contribution in [0.2, 0.25) is 0 Å². The average Bonchev–Trinajstić information content (AvgIpc) is 2.72. The number of benzene rings is 3. The van der Waals surface area contributed by atoms with Gasteiger partial charge in [-0.1, -0.05) is 72.8 Å². The Labute approximate surface area is 152 Å². The Kier molecular flexibility index (Phi) is 4.79. The fourth-order valence-electron chi connectivity index (χ4n) is 2.78. The number of hydrogen-bond donors (Lipinski definition) is 0. The number of hydrogen-bond acceptors (Lipinski definition) is 3. The third kappa shape index (κ3) is 3.83. The third-order valence-electron chi connectivity index (χ3n) is 4.12. The van der Waals surface area contributed by atoms with Crippen LogP contribution < -0.4 is 9.47 Å².